The molecule has 1 atom stereocenters. The van der Waals surface area contributed by atoms with Crippen molar-refractivity contribution in [3.63, 3.8) is 0 Å². The third kappa shape index (κ3) is 5.08. The minimum atomic E-state index is -0.988. The first-order valence-electron chi connectivity index (χ1n) is 8.34. The number of hydrogen-bond acceptors (Lipinski definition) is 4. The Labute approximate surface area is 163 Å². The number of para-hydroxylation sites is 2. The van der Waals surface area contributed by atoms with Crippen LogP contribution in [0.3, 0.4) is 0 Å². The van der Waals surface area contributed by atoms with Gasteiger partial charge in [-0.15, -0.1) is 0 Å². The third-order valence-corrected chi connectivity index (χ3v) is 4.25. The smallest absolute Gasteiger partial charge is 0.289 e. The Balaban J connectivity index is 2.14. The van der Waals surface area contributed by atoms with Crippen LogP contribution in [0, 0.1) is 0 Å². The van der Waals surface area contributed by atoms with Gasteiger partial charge in [-0.05, 0) is 36.8 Å². The molecule has 2 aromatic rings. The van der Waals surface area contributed by atoms with Crippen molar-refractivity contribution in [2.45, 2.75) is 26.4 Å². The first-order valence-corrected chi connectivity index (χ1v) is 8.72. The molecule has 0 fully saturated rings. The Hall–Kier alpha value is -2.86. The molecule has 1 N–H and O–H groups in total. The largest absolute Gasteiger partial charge is 0.495 e. The molecule has 27 heavy (non-hydrogen) atoms. The Morgan fingerprint density at radius 1 is 1.15 bits per heavy atom. The van der Waals surface area contributed by atoms with Crippen molar-refractivity contribution in [2.24, 2.45) is 0 Å². The second-order valence-electron chi connectivity index (χ2n) is 5.91. The van der Waals surface area contributed by atoms with Crippen molar-refractivity contribution in [2.75, 3.05) is 12.0 Å². The number of rotatable bonds is 7. The maximum Gasteiger partial charge on any atom is 0.289 e. The number of halogens is 1. The topological polar surface area (TPSA) is 75.7 Å². The zero-order valence-electron chi connectivity index (χ0n) is 15.4. The number of carbonyl (C=O) groups is 3. The number of Topliss-reactive ketones (excluding diaryl/α,β-unsaturated/α-hetero) is 1. The van der Waals surface area contributed by atoms with Gasteiger partial charge in [0.1, 0.15) is 11.8 Å². The average molecular weight is 389 g/mol. The summed E-state index contributed by atoms with van der Waals surface area (Å²) in [7, 11) is 1.47. The Kier molecular flexibility index (Phi) is 6.96. The first-order chi connectivity index (χ1) is 12.8. The number of ether oxygens (including phenoxy) is 1. The fourth-order valence-corrected chi connectivity index (χ4v) is 2.92. The summed E-state index contributed by atoms with van der Waals surface area (Å²) in [5.41, 5.74) is 1.19. The molecule has 2 rings (SSSR count). The highest BCUT2D eigenvalue weighted by molar-refractivity contribution is 6.39. The van der Waals surface area contributed by atoms with Crippen molar-refractivity contribution in [3.8, 4) is 5.75 Å². The quantitative estimate of drug-likeness (QED) is 0.740. The zero-order valence-corrected chi connectivity index (χ0v) is 16.1. The number of carbonyl (C=O) groups excluding carboxylic acids is 3. The number of ketones is 1. The van der Waals surface area contributed by atoms with Gasteiger partial charge in [-0.25, -0.2) is 0 Å². The molecule has 0 heterocycles. The van der Waals surface area contributed by atoms with Crippen molar-refractivity contribution < 1.29 is 19.1 Å². The lowest BCUT2D eigenvalue weighted by atomic mass is 10.1. The molecule has 0 saturated heterocycles. The highest BCUT2D eigenvalue weighted by Crippen LogP contribution is 2.29. The Morgan fingerprint density at radius 2 is 1.85 bits per heavy atom. The lowest BCUT2D eigenvalue weighted by molar-refractivity contribution is -0.139. The molecule has 0 bridgehead atoms. The number of amides is 2. The van der Waals surface area contributed by atoms with Crippen LogP contribution in [0.1, 0.15) is 19.4 Å². The first kappa shape index (κ1) is 20.5. The molecule has 0 spiro atoms. The Morgan fingerprint density at radius 3 is 2.48 bits per heavy atom. The van der Waals surface area contributed by atoms with Gasteiger partial charge in [-0.2, -0.15) is 0 Å². The van der Waals surface area contributed by atoms with Crippen LogP contribution in [0.5, 0.6) is 5.75 Å². The normalized spacial score (nSPS) is 11.4. The van der Waals surface area contributed by atoms with E-state index in [4.69, 9.17) is 16.3 Å². The van der Waals surface area contributed by atoms with E-state index in [0.717, 1.165) is 5.56 Å². The van der Waals surface area contributed by atoms with E-state index in [1.54, 1.807) is 48.5 Å². The fraction of sp³-hybridized carbons (Fsp3) is 0.250. The average Bonchev–Trinajstić information content (AvgIpc) is 2.65. The summed E-state index contributed by atoms with van der Waals surface area (Å²) in [6.07, 6.45) is 0. The van der Waals surface area contributed by atoms with Crippen LogP contribution in [0.25, 0.3) is 0 Å². The predicted molar refractivity (Wildman–Crippen MR) is 104 cm³/mol. The van der Waals surface area contributed by atoms with Crippen LogP contribution in [-0.2, 0) is 20.9 Å². The van der Waals surface area contributed by atoms with Crippen LogP contribution in [0.4, 0.5) is 5.69 Å². The van der Waals surface area contributed by atoms with E-state index in [2.05, 4.69) is 5.32 Å². The van der Waals surface area contributed by atoms with Gasteiger partial charge in [0.25, 0.3) is 5.91 Å². The minimum absolute atomic E-state index is 0.159. The van der Waals surface area contributed by atoms with E-state index in [1.165, 1.54) is 25.9 Å². The molecule has 6 nitrogen and oxygen atoms in total. The number of nitrogens with zero attached hydrogens (tertiary/aromatic N) is 1. The molecule has 0 aliphatic carbocycles. The van der Waals surface area contributed by atoms with Gasteiger partial charge >= 0.3 is 0 Å². The Bertz CT molecular complexity index is 853. The minimum Gasteiger partial charge on any atom is -0.495 e. The predicted octanol–water partition coefficient (Wildman–Crippen LogP) is 2.98. The van der Waals surface area contributed by atoms with Gasteiger partial charge in [0, 0.05) is 18.5 Å². The highest BCUT2D eigenvalue weighted by atomic mass is 35.5. The molecule has 0 radical (unpaired) electrons. The van der Waals surface area contributed by atoms with E-state index in [-0.39, 0.29) is 12.5 Å². The molecule has 0 aromatic heterocycles. The zero-order chi connectivity index (χ0) is 20.0. The van der Waals surface area contributed by atoms with Gasteiger partial charge < -0.3 is 10.1 Å². The van der Waals surface area contributed by atoms with Crippen LogP contribution in [0.2, 0.25) is 5.02 Å². The van der Waals surface area contributed by atoms with Crippen LogP contribution in [0.15, 0.2) is 48.5 Å². The fourth-order valence-electron chi connectivity index (χ4n) is 2.70. The number of nitrogens with one attached hydrogen (secondary N) is 1. The maximum atomic E-state index is 12.6. The van der Waals surface area contributed by atoms with Crippen molar-refractivity contribution in [1.29, 1.82) is 0 Å². The van der Waals surface area contributed by atoms with E-state index >= 15 is 0 Å². The summed E-state index contributed by atoms with van der Waals surface area (Å²) < 4.78 is 5.27. The molecule has 0 aliphatic rings. The lowest BCUT2D eigenvalue weighted by Crippen LogP contribution is -2.48. The van der Waals surface area contributed by atoms with E-state index in [9.17, 15) is 14.4 Å². The van der Waals surface area contributed by atoms with Gasteiger partial charge in [0.15, 0.2) is 0 Å². The summed E-state index contributed by atoms with van der Waals surface area (Å²) >= 11 is 5.91. The van der Waals surface area contributed by atoms with Gasteiger partial charge in [-0.3, -0.25) is 19.3 Å². The van der Waals surface area contributed by atoms with Gasteiger partial charge in [0.2, 0.25) is 11.7 Å². The summed E-state index contributed by atoms with van der Waals surface area (Å²) in [5, 5.41) is 3.11. The molecule has 0 aliphatic heterocycles. The number of anilines is 1. The molecule has 1 unspecified atom stereocenters. The van der Waals surface area contributed by atoms with Gasteiger partial charge in [0.05, 0.1) is 12.8 Å². The van der Waals surface area contributed by atoms with E-state index in [1.807, 2.05) is 0 Å². The van der Waals surface area contributed by atoms with Crippen LogP contribution < -0.4 is 15.0 Å². The molecule has 142 valence electrons. The molecular formula is C20H21ClN2O4. The van der Waals surface area contributed by atoms with Crippen molar-refractivity contribution >= 4 is 34.9 Å². The van der Waals surface area contributed by atoms with Crippen molar-refractivity contribution in [1.82, 2.24) is 5.32 Å². The molecule has 0 saturated carbocycles. The standard InChI is InChI=1S/C20H21ClN2O4/c1-13(23(14(2)24)17-9-4-5-10-18(17)27-3)19(25)20(26)22-12-15-7-6-8-16(21)11-15/h4-11,13H,12H2,1-3H3,(H,22,26). The summed E-state index contributed by atoms with van der Waals surface area (Å²) in [6, 6.07) is 12.8. The SMILES string of the molecule is COc1ccccc1N(C(C)=O)C(C)C(=O)C(=O)NCc1cccc(Cl)c1. The summed E-state index contributed by atoms with van der Waals surface area (Å²) in [6.45, 7) is 3.00. The lowest BCUT2D eigenvalue weighted by Gasteiger charge is -2.28. The molecule has 2 amide bonds. The highest BCUT2D eigenvalue weighted by Gasteiger charge is 2.31. The third-order valence-electron chi connectivity index (χ3n) is 4.02. The summed E-state index contributed by atoms with van der Waals surface area (Å²) in [4.78, 5) is 38.3. The van der Waals surface area contributed by atoms with Crippen molar-refractivity contribution in [3.05, 3.63) is 59.1 Å². The second kappa shape index (κ2) is 9.19. The molecule has 2 aromatic carbocycles. The van der Waals surface area contributed by atoms with Crippen LogP contribution in [-0.4, -0.2) is 30.7 Å². The van der Waals surface area contributed by atoms with E-state index < -0.39 is 17.7 Å². The molecule has 7 heteroatoms. The molecular weight excluding hydrogens is 368 g/mol. The number of methoxy groups -OCH3 is 1. The maximum absolute atomic E-state index is 12.6. The number of benzene rings is 2. The number of hydrogen-bond donors (Lipinski definition) is 1. The summed E-state index contributed by atoms with van der Waals surface area (Å²) in [5.74, 6) is -1.43. The van der Waals surface area contributed by atoms with Gasteiger partial charge in [-0.1, -0.05) is 35.9 Å². The van der Waals surface area contributed by atoms with E-state index in [0.29, 0.717) is 16.5 Å². The monoisotopic (exact) mass is 388 g/mol. The van der Waals surface area contributed by atoms with Crippen LogP contribution >= 0.6 is 11.6 Å². The second-order valence-corrected chi connectivity index (χ2v) is 6.35.